The number of nitrogens with one attached hydrogen (secondary N) is 1. The zero-order chi connectivity index (χ0) is 17.1. The molecule has 0 spiro atoms. The number of carbonyl (C=O) groups excluding carboxylic acids is 1. The molecule has 1 aromatic carbocycles. The number of imidazole rings is 2. The fourth-order valence-electron chi connectivity index (χ4n) is 3.64. The van der Waals surface area contributed by atoms with Gasteiger partial charge in [-0.1, -0.05) is 12.1 Å². The van der Waals surface area contributed by atoms with Crippen molar-refractivity contribution >= 4 is 16.9 Å². The molecule has 1 fully saturated rings. The highest BCUT2D eigenvalue weighted by Gasteiger charge is 2.23. The van der Waals surface area contributed by atoms with Crippen LogP contribution in [0.5, 0.6) is 0 Å². The average molecular weight is 337 g/mol. The van der Waals surface area contributed by atoms with Crippen LogP contribution in [-0.4, -0.2) is 43.4 Å². The molecule has 0 bridgehead atoms. The number of amides is 1. The van der Waals surface area contributed by atoms with Gasteiger partial charge in [0.05, 0.1) is 17.4 Å². The monoisotopic (exact) mass is 337 g/mol. The third-order valence-electron chi connectivity index (χ3n) is 4.91. The quantitative estimate of drug-likeness (QED) is 0.778. The molecular formula is C19H23N5O. The molecule has 0 saturated carbocycles. The van der Waals surface area contributed by atoms with Crippen LogP contribution in [-0.2, 0) is 17.8 Å². The normalized spacial score (nSPS) is 17.9. The number of nitrogens with zero attached hydrogens (tertiary/aromatic N) is 4. The Morgan fingerprint density at radius 3 is 3.08 bits per heavy atom. The van der Waals surface area contributed by atoms with Crippen LogP contribution in [0.15, 0.2) is 43.0 Å². The van der Waals surface area contributed by atoms with Crippen molar-refractivity contribution in [3.63, 3.8) is 0 Å². The minimum atomic E-state index is 0.232. The molecule has 1 amide bonds. The van der Waals surface area contributed by atoms with Crippen LogP contribution >= 0.6 is 0 Å². The maximum atomic E-state index is 12.6. The van der Waals surface area contributed by atoms with Gasteiger partial charge in [-0.2, -0.15) is 0 Å². The Morgan fingerprint density at radius 2 is 2.24 bits per heavy atom. The fourth-order valence-corrected chi connectivity index (χ4v) is 3.64. The van der Waals surface area contributed by atoms with E-state index in [2.05, 4.69) is 19.5 Å². The number of H-pyrrole nitrogens is 1. The second-order valence-electron chi connectivity index (χ2n) is 6.81. The number of fused-ring (bicyclic) bond motifs is 1. The zero-order valence-electron chi connectivity index (χ0n) is 14.3. The van der Waals surface area contributed by atoms with E-state index in [1.165, 1.54) is 6.42 Å². The standard InChI is InChI=1S/C19H23N5O/c25-19(8-7-18-21-16-5-1-2-6-17(16)22-18)24-10-3-4-15(13-24)12-23-11-9-20-14-23/h1-2,5-6,9,11,14-15H,3-4,7-8,10,12-13H2,(H,21,22)/t15-/m0/s1. The van der Waals surface area contributed by atoms with Crippen molar-refractivity contribution in [2.75, 3.05) is 13.1 Å². The molecule has 1 aliphatic heterocycles. The van der Waals surface area contributed by atoms with E-state index in [9.17, 15) is 4.79 Å². The molecule has 2 aromatic heterocycles. The van der Waals surface area contributed by atoms with Gasteiger partial charge in [0, 0.05) is 44.9 Å². The largest absolute Gasteiger partial charge is 0.342 e. The second-order valence-corrected chi connectivity index (χ2v) is 6.81. The lowest BCUT2D eigenvalue weighted by atomic mass is 9.97. The molecule has 3 heterocycles. The molecule has 1 N–H and O–H groups in total. The Balaban J connectivity index is 1.32. The van der Waals surface area contributed by atoms with Gasteiger partial charge in [0.25, 0.3) is 0 Å². The number of benzene rings is 1. The Kier molecular flexibility index (Phi) is 4.50. The van der Waals surface area contributed by atoms with Crippen LogP contribution in [0.1, 0.15) is 25.1 Å². The van der Waals surface area contributed by atoms with Gasteiger partial charge in [0.2, 0.25) is 5.91 Å². The number of hydrogen-bond acceptors (Lipinski definition) is 3. The number of carbonyl (C=O) groups is 1. The first-order valence-electron chi connectivity index (χ1n) is 8.95. The van der Waals surface area contributed by atoms with E-state index < -0.39 is 0 Å². The first-order valence-corrected chi connectivity index (χ1v) is 8.95. The SMILES string of the molecule is O=C(CCc1nc2ccccc2[nH]1)N1CCC[C@@H](Cn2ccnc2)C1. The summed E-state index contributed by atoms with van der Waals surface area (Å²) in [5, 5.41) is 0. The van der Waals surface area contributed by atoms with Crippen molar-refractivity contribution < 1.29 is 4.79 Å². The molecule has 25 heavy (non-hydrogen) atoms. The van der Waals surface area contributed by atoms with Crippen LogP contribution < -0.4 is 0 Å². The van der Waals surface area contributed by atoms with Gasteiger partial charge < -0.3 is 14.5 Å². The summed E-state index contributed by atoms with van der Waals surface area (Å²) < 4.78 is 2.10. The molecule has 0 unspecified atom stereocenters. The van der Waals surface area contributed by atoms with Gasteiger partial charge in [0.15, 0.2) is 0 Å². The number of hydrogen-bond donors (Lipinski definition) is 1. The summed E-state index contributed by atoms with van der Waals surface area (Å²) in [6, 6.07) is 7.97. The number of para-hydroxylation sites is 2. The lowest BCUT2D eigenvalue weighted by Crippen LogP contribution is -2.41. The minimum absolute atomic E-state index is 0.232. The van der Waals surface area contributed by atoms with E-state index >= 15 is 0 Å². The molecule has 1 atom stereocenters. The van der Waals surface area contributed by atoms with Crippen molar-refractivity contribution in [3.05, 3.63) is 48.8 Å². The van der Waals surface area contributed by atoms with E-state index in [1.807, 2.05) is 41.7 Å². The van der Waals surface area contributed by atoms with Crippen molar-refractivity contribution in [2.45, 2.75) is 32.2 Å². The topological polar surface area (TPSA) is 66.8 Å². The lowest BCUT2D eigenvalue weighted by Gasteiger charge is -2.33. The Hall–Kier alpha value is -2.63. The maximum Gasteiger partial charge on any atom is 0.223 e. The molecule has 0 aliphatic carbocycles. The predicted octanol–water partition coefficient (Wildman–Crippen LogP) is 2.63. The first-order chi connectivity index (χ1) is 12.3. The van der Waals surface area contributed by atoms with E-state index in [-0.39, 0.29) is 5.91 Å². The van der Waals surface area contributed by atoms with Crippen LogP contribution in [0.2, 0.25) is 0 Å². The summed E-state index contributed by atoms with van der Waals surface area (Å²) >= 11 is 0. The lowest BCUT2D eigenvalue weighted by molar-refractivity contribution is -0.133. The number of aromatic amines is 1. The number of aryl methyl sites for hydroxylation is 1. The molecule has 6 nitrogen and oxygen atoms in total. The predicted molar refractivity (Wildman–Crippen MR) is 95.9 cm³/mol. The third-order valence-corrected chi connectivity index (χ3v) is 4.91. The smallest absolute Gasteiger partial charge is 0.223 e. The van der Waals surface area contributed by atoms with E-state index in [4.69, 9.17) is 0 Å². The van der Waals surface area contributed by atoms with Gasteiger partial charge in [0.1, 0.15) is 5.82 Å². The zero-order valence-corrected chi connectivity index (χ0v) is 14.3. The Morgan fingerprint density at radius 1 is 1.32 bits per heavy atom. The molecule has 1 saturated heterocycles. The van der Waals surface area contributed by atoms with Gasteiger partial charge >= 0.3 is 0 Å². The van der Waals surface area contributed by atoms with Gasteiger partial charge in [-0.05, 0) is 30.9 Å². The summed E-state index contributed by atoms with van der Waals surface area (Å²) in [6.45, 7) is 2.66. The highest BCUT2D eigenvalue weighted by Crippen LogP contribution is 2.19. The van der Waals surface area contributed by atoms with Crippen LogP contribution in [0, 0.1) is 5.92 Å². The summed E-state index contributed by atoms with van der Waals surface area (Å²) in [5.74, 6) is 1.63. The van der Waals surface area contributed by atoms with Crippen molar-refractivity contribution in [3.8, 4) is 0 Å². The molecule has 130 valence electrons. The van der Waals surface area contributed by atoms with Gasteiger partial charge in [-0.3, -0.25) is 4.79 Å². The van der Waals surface area contributed by atoms with Crippen molar-refractivity contribution in [1.29, 1.82) is 0 Å². The second kappa shape index (κ2) is 7.09. The number of likely N-dealkylation sites (tertiary alicyclic amines) is 1. The van der Waals surface area contributed by atoms with Crippen LogP contribution in [0.25, 0.3) is 11.0 Å². The molecular weight excluding hydrogens is 314 g/mol. The molecule has 1 aliphatic rings. The van der Waals surface area contributed by atoms with Gasteiger partial charge in [-0.25, -0.2) is 9.97 Å². The van der Waals surface area contributed by atoms with Crippen LogP contribution in [0.4, 0.5) is 0 Å². The third kappa shape index (κ3) is 3.73. The highest BCUT2D eigenvalue weighted by molar-refractivity contribution is 5.77. The molecule has 4 rings (SSSR count). The maximum absolute atomic E-state index is 12.6. The minimum Gasteiger partial charge on any atom is -0.342 e. The highest BCUT2D eigenvalue weighted by atomic mass is 16.2. The summed E-state index contributed by atoms with van der Waals surface area (Å²) in [5.41, 5.74) is 1.99. The van der Waals surface area contributed by atoms with Gasteiger partial charge in [-0.15, -0.1) is 0 Å². The Labute approximate surface area is 146 Å². The molecule has 6 heteroatoms. The average Bonchev–Trinajstić information content (AvgIpc) is 3.29. The van der Waals surface area contributed by atoms with E-state index in [0.29, 0.717) is 18.8 Å². The first kappa shape index (κ1) is 15.9. The number of piperidine rings is 1. The molecule has 3 aromatic rings. The summed E-state index contributed by atoms with van der Waals surface area (Å²) in [6.07, 6.45) is 9.07. The van der Waals surface area contributed by atoms with E-state index in [1.54, 1.807) is 6.20 Å². The Bertz CT molecular complexity index is 806. The van der Waals surface area contributed by atoms with Crippen molar-refractivity contribution in [1.82, 2.24) is 24.4 Å². The van der Waals surface area contributed by atoms with E-state index in [0.717, 1.165) is 42.9 Å². The fraction of sp³-hybridized carbons (Fsp3) is 0.421. The van der Waals surface area contributed by atoms with Crippen molar-refractivity contribution in [2.24, 2.45) is 5.92 Å². The summed E-state index contributed by atoms with van der Waals surface area (Å²) in [4.78, 5) is 26.6. The van der Waals surface area contributed by atoms with Crippen LogP contribution in [0.3, 0.4) is 0 Å². The summed E-state index contributed by atoms with van der Waals surface area (Å²) in [7, 11) is 0. The molecule has 0 radical (unpaired) electrons. The number of rotatable bonds is 5. The number of aromatic nitrogens is 4.